The number of nitrogens with zero attached hydrogens (tertiary/aromatic N) is 3. The third kappa shape index (κ3) is 6.63. The van der Waals surface area contributed by atoms with Gasteiger partial charge in [-0.05, 0) is 51.8 Å². The summed E-state index contributed by atoms with van der Waals surface area (Å²) in [4.78, 5) is 26.2. The number of rotatable bonds is 7. The number of aromatic nitrogens is 2. The molecule has 0 N–H and O–H groups in total. The molecule has 0 bridgehead atoms. The molecule has 1 amide bonds. The van der Waals surface area contributed by atoms with Gasteiger partial charge >= 0.3 is 11.6 Å². The van der Waals surface area contributed by atoms with Gasteiger partial charge < -0.3 is 9.64 Å². The Morgan fingerprint density at radius 3 is 2.53 bits per heavy atom. The second kappa shape index (κ2) is 9.33. The fourth-order valence-corrected chi connectivity index (χ4v) is 4.12. The van der Waals surface area contributed by atoms with E-state index in [1.54, 1.807) is 17.9 Å². The van der Waals surface area contributed by atoms with E-state index in [9.17, 15) is 22.8 Å². The van der Waals surface area contributed by atoms with Crippen LogP contribution in [0.5, 0.6) is 0 Å². The normalized spacial score (nSPS) is 15.2. The van der Waals surface area contributed by atoms with Gasteiger partial charge in [0.1, 0.15) is 5.60 Å². The molecule has 2 aromatic rings. The molecule has 176 valence electrons. The average molecular weight is 472 g/mol. The number of benzene rings is 1. The van der Waals surface area contributed by atoms with Gasteiger partial charge in [-0.3, -0.25) is 9.48 Å². The van der Waals surface area contributed by atoms with Crippen LogP contribution in [-0.2, 0) is 11.3 Å². The van der Waals surface area contributed by atoms with Gasteiger partial charge in [-0.15, -0.1) is 0 Å². The Hall–Kier alpha value is -2.23. The SMILES string of the molecule is Cc1cc2nn(CC3CN(C(=O)OC(C)(C)C)C3)cc2cc1C(=O)CCCSC(F)(F)F. The molecule has 0 atom stereocenters. The summed E-state index contributed by atoms with van der Waals surface area (Å²) in [6, 6.07) is 3.60. The topological polar surface area (TPSA) is 64.4 Å². The van der Waals surface area contributed by atoms with Crippen LogP contribution in [0.1, 0.15) is 49.5 Å². The Bertz CT molecular complexity index is 992. The molecular formula is C22H28F3N3O3S. The number of hydrogen-bond donors (Lipinski definition) is 0. The molecule has 0 unspecified atom stereocenters. The van der Waals surface area contributed by atoms with E-state index in [0.717, 1.165) is 16.5 Å². The molecule has 1 aromatic heterocycles. The fourth-order valence-electron chi connectivity index (χ4n) is 3.60. The molecule has 0 radical (unpaired) electrons. The van der Waals surface area contributed by atoms with Crippen molar-refractivity contribution in [3.05, 3.63) is 29.5 Å². The molecule has 2 heterocycles. The molecule has 0 aliphatic carbocycles. The van der Waals surface area contributed by atoms with E-state index < -0.39 is 11.1 Å². The van der Waals surface area contributed by atoms with Crippen LogP contribution in [0.25, 0.3) is 10.9 Å². The van der Waals surface area contributed by atoms with Gasteiger partial charge in [-0.1, -0.05) is 11.8 Å². The molecule has 1 saturated heterocycles. The van der Waals surface area contributed by atoms with E-state index in [1.165, 1.54) is 0 Å². The first-order valence-electron chi connectivity index (χ1n) is 10.5. The highest BCUT2D eigenvalue weighted by atomic mass is 32.2. The van der Waals surface area contributed by atoms with Gasteiger partial charge in [0, 0.05) is 54.9 Å². The van der Waals surface area contributed by atoms with Gasteiger partial charge in [0.25, 0.3) is 0 Å². The van der Waals surface area contributed by atoms with Crippen molar-refractivity contribution >= 4 is 34.5 Å². The predicted molar refractivity (Wildman–Crippen MR) is 118 cm³/mol. The number of likely N-dealkylation sites (tertiary alicyclic amines) is 1. The van der Waals surface area contributed by atoms with Crippen molar-refractivity contribution in [3.8, 4) is 0 Å². The summed E-state index contributed by atoms with van der Waals surface area (Å²) in [7, 11) is 0. The Kier molecular flexibility index (Phi) is 7.12. The maximum Gasteiger partial charge on any atom is 0.441 e. The van der Waals surface area contributed by atoms with Crippen LogP contribution in [0, 0.1) is 12.8 Å². The summed E-state index contributed by atoms with van der Waals surface area (Å²) < 4.78 is 43.9. The zero-order valence-electron chi connectivity index (χ0n) is 18.7. The third-order valence-corrected chi connectivity index (χ3v) is 5.89. The summed E-state index contributed by atoms with van der Waals surface area (Å²) in [5.41, 5.74) is -2.75. The number of carbonyl (C=O) groups is 2. The number of Topliss-reactive ketones (excluding diaryl/α,β-unsaturated/α-hetero) is 1. The van der Waals surface area contributed by atoms with Crippen molar-refractivity contribution < 1.29 is 27.5 Å². The average Bonchev–Trinajstić information content (AvgIpc) is 2.99. The first-order chi connectivity index (χ1) is 14.8. The Morgan fingerprint density at radius 2 is 1.91 bits per heavy atom. The van der Waals surface area contributed by atoms with Crippen molar-refractivity contribution in [2.45, 2.75) is 58.2 Å². The van der Waals surface area contributed by atoms with E-state index in [4.69, 9.17) is 4.74 Å². The first-order valence-corrected chi connectivity index (χ1v) is 11.5. The lowest BCUT2D eigenvalue weighted by molar-refractivity contribution is -0.0328. The summed E-state index contributed by atoms with van der Waals surface area (Å²) in [6.45, 7) is 9.15. The number of carbonyl (C=O) groups excluding carboxylic acids is 2. The van der Waals surface area contributed by atoms with Crippen LogP contribution in [-0.4, -0.2) is 56.5 Å². The highest BCUT2D eigenvalue weighted by Gasteiger charge is 2.34. The van der Waals surface area contributed by atoms with Gasteiger partial charge in [0.05, 0.1) is 5.52 Å². The van der Waals surface area contributed by atoms with Crippen molar-refractivity contribution in [1.29, 1.82) is 0 Å². The Morgan fingerprint density at radius 1 is 1.22 bits per heavy atom. The maximum absolute atomic E-state index is 12.5. The lowest BCUT2D eigenvalue weighted by Gasteiger charge is -2.39. The predicted octanol–water partition coefficient (Wildman–Crippen LogP) is 5.43. The minimum absolute atomic E-state index is 0.0755. The number of thioether (sulfide) groups is 1. The zero-order chi connectivity index (χ0) is 23.7. The molecule has 6 nitrogen and oxygen atoms in total. The number of halogens is 3. The number of ether oxygens (including phenoxy) is 1. The number of amides is 1. The molecule has 1 aliphatic rings. The van der Waals surface area contributed by atoms with Crippen LogP contribution >= 0.6 is 11.8 Å². The fraction of sp³-hybridized carbons (Fsp3) is 0.591. The van der Waals surface area contributed by atoms with Crippen LogP contribution < -0.4 is 0 Å². The van der Waals surface area contributed by atoms with Crippen LogP contribution in [0.4, 0.5) is 18.0 Å². The number of ketones is 1. The molecule has 3 rings (SSSR count). The molecule has 0 saturated carbocycles. The van der Waals surface area contributed by atoms with Gasteiger partial charge in [-0.2, -0.15) is 18.3 Å². The lowest BCUT2D eigenvalue weighted by atomic mass is 10.00. The minimum atomic E-state index is -4.27. The summed E-state index contributed by atoms with van der Waals surface area (Å²) in [6.07, 6.45) is 1.80. The summed E-state index contributed by atoms with van der Waals surface area (Å²) in [5, 5.41) is 5.38. The minimum Gasteiger partial charge on any atom is -0.444 e. The second-order valence-corrected chi connectivity index (χ2v) is 10.3. The molecular weight excluding hydrogens is 443 g/mol. The lowest BCUT2D eigenvalue weighted by Crippen LogP contribution is -2.52. The summed E-state index contributed by atoms with van der Waals surface area (Å²) >= 11 is -0.0995. The number of aryl methyl sites for hydroxylation is 1. The van der Waals surface area contributed by atoms with E-state index >= 15 is 0 Å². The summed E-state index contributed by atoms with van der Waals surface area (Å²) in [5.74, 6) is -0.0204. The van der Waals surface area contributed by atoms with Crippen molar-refractivity contribution in [2.75, 3.05) is 18.8 Å². The van der Waals surface area contributed by atoms with E-state index in [2.05, 4.69) is 5.10 Å². The molecule has 0 spiro atoms. The third-order valence-electron chi connectivity index (χ3n) is 5.07. The first kappa shape index (κ1) is 24.4. The monoisotopic (exact) mass is 471 g/mol. The van der Waals surface area contributed by atoms with Crippen molar-refractivity contribution in [2.24, 2.45) is 5.92 Å². The van der Waals surface area contributed by atoms with Gasteiger partial charge in [-0.25, -0.2) is 4.79 Å². The van der Waals surface area contributed by atoms with E-state index in [-0.39, 0.29) is 48.2 Å². The number of fused-ring (bicyclic) bond motifs is 1. The largest absolute Gasteiger partial charge is 0.444 e. The van der Waals surface area contributed by atoms with Crippen molar-refractivity contribution in [3.63, 3.8) is 0 Å². The molecule has 1 aromatic carbocycles. The number of alkyl halides is 3. The Balaban J connectivity index is 1.56. The standard InChI is InChI=1S/C22H28F3N3O3S/c1-14-8-18-16(9-17(14)19(29)6-5-7-32-22(23,24)25)13-28(26-18)12-15-10-27(11-15)20(30)31-21(2,3)4/h8-9,13,15H,5-7,10-12H2,1-4H3. The molecule has 10 heteroatoms. The molecule has 32 heavy (non-hydrogen) atoms. The Labute approximate surface area is 189 Å². The van der Waals surface area contributed by atoms with Gasteiger partial charge in [0.2, 0.25) is 0 Å². The van der Waals surface area contributed by atoms with Crippen LogP contribution in [0.3, 0.4) is 0 Å². The highest BCUT2D eigenvalue weighted by Crippen LogP contribution is 2.31. The quantitative estimate of drug-likeness (QED) is 0.398. The smallest absolute Gasteiger partial charge is 0.441 e. The van der Waals surface area contributed by atoms with Crippen molar-refractivity contribution in [1.82, 2.24) is 14.7 Å². The van der Waals surface area contributed by atoms with Gasteiger partial charge in [0.15, 0.2) is 5.78 Å². The van der Waals surface area contributed by atoms with E-state index in [0.29, 0.717) is 25.2 Å². The highest BCUT2D eigenvalue weighted by molar-refractivity contribution is 8.00. The maximum atomic E-state index is 12.5. The zero-order valence-corrected chi connectivity index (χ0v) is 19.5. The number of hydrogen-bond acceptors (Lipinski definition) is 5. The molecule has 1 fully saturated rings. The second-order valence-electron chi connectivity index (χ2n) is 9.15. The van der Waals surface area contributed by atoms with Crippen LogP contribution in [0.15, 0.2) is 18.3 Å². The molecule has 1 aliphatic heterocycles. The van der Waals surface area contributed by atoms with E-state index in [1.807, 2.05) is 37.7 Å². The van der Waals surface area contributed by atoms with Crippen LogP contribution in [0.2, 0.25) is 0 Å².